The molecule has 0 fully saturated rings. The second-order valence-corrected chi connectivity index (χ2v) is 6.32. The molecule has 1 rings (SSSR count). The van der Waals surface area contributed by atoms with E-state index in [0.717, 1.165) is 24.8 Å². The Labute approximate surface area is 113 Å². The monoisotopic (exact) mass is 247 g/mol. The van der Waals surface area contributed by atoms with Gasteiger partial charge in [0.05, 0.1) is 0 Å². The summed E-state index contributed by atoms with van der Waals surface area (Å²) in [5.74, 6) is 1.46. The fraction of sp³-hybridized carbons (Fsp3) is 0.647. The Hall–Kier alpha value is -0.820. The number of rotatable bonds is 7. The molecule has 1 nitrogen and oxygen atoms in total. The lowest BCUT2D eigenvalue weighted by Gasteiger charge is -2.16. The molecule has 102 valence electrons. The van der Waals surface area contributed by atoms with Crippen molar-refractivity contribution in [2.45, 2.75) is 53.5 Å². The van der Waals surface area contributed by atoms with E-state index in [1.54, 1.807) is 0 Å². The molecule has 0 aliphatic carbocycles. The molecule has 1 aromatic rings. The summed E-state index contributed by atoms with van der Waals surface area (Å²) in [5.41, 5.74) is 2.89. The van der Waals surface area contributed by atoms with E-state index in [1.165, 1.54) is 17.5 Å². The minimum atomic E-state index is 0.559. The van der Waals surface area contributed by atoms with E-state index in [0.29, 0.717) is 6.04 Å². The summed E-state index contributed by atoms with van der Waals surface area (Å²) >= 11 is 0. The van der Waals surface area contributed by atoms with Gasteiger partial charge in [0.1, 0.15) is 0 Å². The molecule has 0 heterocycles. The van der Waals surface area contributed by atoms with Crippen LogP contribution in [0.4, 0.5) is 0 Å². The van der Waals surface area contributed by atoms with E-state index in [-0.39, 0.29) is 0 Å². The fourth-order valence-electron chi connectivity index (χ4n) is 2.15. The standard InChI is InChI=1S/C17H29N/c1-13(2)10-16-6-8-17(9-7-16)11-15(5)18-12-14(3)4/h6-9,13-15,18H,10-12H2,1-5H3. The number of nitrogens with one attached hydrogen (secondary N) is 1. The molecule has 1 N–H and O–H groups in total. The first kappa shape index (κ1) is 15.2. The molecule has 1 heteroatoms. The average Bonchev–Trinajstić information content (AvgIpc) is 2.28. The normalized spacial score (nSPS) is 13.3. The zero-order valence-corrected chi connectivity index (χ0v) is 12.7. The summed E-state index contributed by atoms with van der Waals surface area (Å²) in [7, 11) is 0. The first-order chi connectivity index (χ1) is 8.47. The summed E-state index contributed by atoms with van der Waals surface area (Å²) in [5, 5.41) is 3.58. The zero-order chi connectivity index (χ0) is 13.5. The maximum atomic E-state index is 3.58. The lowest BCUT2D eigenvalue weighted by atomic mass is 9.99. The van der Waals surface area contributed by atoms with Crippen LogP contribution in [0, 0.1) is 11.8 Å². The van der Waals surface area contributed by atoms with Crippen molar-refractivity contribution in [3.63, 3.8) is 0 Å². The Balaban J connectivity index is 2.42. The Bertz CT molecular complexity index is 324. The van der Waals surface area contributed by atoms with Crippen LogP contribution in [0.25, 0.3) is 0 Å². The van der Waals surface area contributed by atoms with Gasteiger partial charge in [-0.05, 0) is 49.3 Å². The Morgan fingerprint density at radius 3 is 1.72 bits per heavy atom. The van der Waals surface area contributed by atoms with Crippen molar-refractivity contribution in [3.05, 3.63) is 35.4 Å². The highest BCUT2D eigenvalue weighted by atomic mass is 14.9. The molecule has 0 aliphatic heterocycles. The molecule has 0 spiro atoms. The van der Waals surface area contributed by atoms with E-state index < -0.39 is 0 Å². The molecular weight excluding hydrogens is 218 g/mol. The maximum absolute atomic E-state index is 3.58. The highest BCUT2D eigenvalue weighted by molar-refractivity contribution is 5.23. The Morgan fingerprint density at radius 2 is 1.28 bits per heavy atom. The predicted molar refractivity (Wildman–Crippen MR) is 81.0 cm³/mol. The summed E-state index contributed by atoms with van der Waals surface area (Å²) in [4.78, 5) is 0. The molecule has 1 atom stereocenters. The Morgan fingerprint density at radius 1 is 0.778 bits per heavy atom. The van der Waals surface area contributed by atoms with Gasteiger partial charge in [0.25, 0.3) is 0 Å². The second-order valence-electron chi connectivity index (χ2n) is 6.32. The van der Waals surface area contributed by atoms with Gasteiger partial charge >= 0.3 is 0 Å². The molecule has 0 bridgehead atoms. The minimum absolute atomic E-state index is 0.559. The van der Waals surface area contributed by atoms with Gasteiger partial charge < -0.3 is 5.32 Å². The van der Waals surface area contributed by atoms with Gasteiger partial charge in [-0.1, -0.05) is 52.0 Å². The molecule has 0 amide bonds. The van der Waals surface area contributed by atoms with Crippen molar-refractivity contribution < 1.29 is 0 Å². The van der Waals surface area contributed by atoms with Crippen LogP contribution in [0.1, 0.15) is 45.7 Å². The van der Waals surface area contributed by atoms with Gasteiger partial charge in [-0.3, -0.25) is 0 Å². The van der Waals surface area contributed by atoms with Crippen molar-refractivity contribution in [1.82, 2.24) is 5.32 Å². The second kappa shape index (κ2) is 7.58. The topological polar surface area (TPSA) is 12.0 Å². The van der Waals surface area contributed by atoms with Crippen molar-refractivity contribution in [2.75, 3.05) is 6.54 Å². The number of hydrogen-bond donors (Lipinski definition) is 1. The highest BCUT2D eigenvalue weighted by Gasteiger charge is 2.04. The van der Waals surface area contributed by atoms with Gasteiger partial charge in [-0.25, -0.2) is 0 Å². The van der Waals surface area contributed by atoms with Gasteiger partial charge in [0, 0.05) is 6.04 Å². The molecule has 0 aromatic heterocycles. The van der Waals surface area contributed by atoms with E-state index >= 15 is 0 Å². The average molecular weight is 247 g/mol. The van der Waals surface area contributed by atoms with Gasteiger partial charge in [-0.2, -0.15) is 0 Å². The van der Waals surface area contributed by atoms with Crippen LogP contribution in [-0.2, 0) is 12.8 Å². The van der Waals surface area contributed by atoms with Crippen molar-refractivity contribution in [3.8, 4) is 0 Å². The summed E-state index contributed by atoms with van der Waals surface area (Å²) in [6.45, 7) is 12.4. The lowest BCUT2D eigenvalue weighted by molar-refractivity contribution is 0.482. The smallest absolute Gasteiger partial charge is 0.00792 e. The molecule has 0 saturated heterocycles. The third kappa shape index (κ3) is 6.20. The van der Waals surface area contributed by atoms with Crippen LogP contribution >= 0.6 is 0 Å². The number of benzene rings is 1. The van der Waals surface area contributed by atoms with Crippen molar-refractivity contribution in [1.29, 1.82) is 0 Å². The molecule has 1 unspecified atom stereocenters. The first-order valence-electron chi connectivity index (χ1n) is 7.28. The molecular formula is C17H29N. The maximum Gasteiger partial charge on any atom is 0.00792 e. The molecule has 1 aromatic carbocycles. The predicted octanol–water partition coefficient (Wildman–Crippen LogP) is 4.06. The fourth-order valence-corrected chi connectivity index (χ4v) is 2.15. The first-order valence-corrected chi connectivity index (χ1v) is 7.28. The third-order valence-corrected chi connectivity index (χ3v) is 3.08. The summed E-state index contributed by atoms with van der Waals surface area (Å²) in [6, 6.07) is 9.69. The molecule has 0 aliphatic rings. The van der Waals surface area contributed by atoms with E-state index in [1.807, 2.05) is 0 Å². The number of hydrogen-bond acceptors (Lipinski definition) is 1. The van der Waals surface area contributed by atoms with E-state index in [4.69, 9.17) is 0 Å². The largest absolute Gasteiger partial charge is 0.314 e. The Kier molecular flexibility index (Phi) is 6.42. The van der Waals surface area contributed by atoms with Gasteiger partial charge in [-0.15, -0.1) is 0 Å². The van der Waals surface area contributed by atoms with Crippen LogP contribution in [0.5, 0.6) is 0 Å². The molecule has 18 heavy (non-hydrogen) atoms. The van der Waals surface area contributed by atoms with Crippen molar-refractivity contribution >= 4 is 0 Å². The van der Waals surface area contributed by atoms with Crippen LogP contribution in [0.3, 0.4) is 0 Å². The van der Waals surface area contributed by atoms with Crippen LogP contribution in [-0.4, -0.2) is 12.6 Å². The van der Waals surface area contributed by atoms with Gasteiger partial charge in [0.15, 0.2) is 0 Å². The summed E-state index contributed by atoms with van der Waals surface area (Å²) in [6.07, 6.45) is 2.30. The third-order valence-electron chi connectivity index (χ3n) is 3.08. The lowest BCUT2D eigenvalue weighted by Crippen LogP contribution is -2.31. The minimum Gasteiger partial charge on any atom is -0.314 e. The summed E-state index contributed by atoms with van der Waals surface area (Å²) < 4.78 is 0. The SMILES string of the molecule is CC(C)CNC(C)Cc1ccc(CC(C)C)cc1. The van der Waals surface area contributed by atoms with Crippen LogP contribution in [0.2, 0.25) is 0 Å². The molecule has 0 saturated carbocycles. The van der Waals surface area contributed by atoms with E-state index in [2.05, 4.69) is 64.2 Å². The van der Waals surface area contributed by atoms with Crippen molar-refractivity contribution in [2.24, 2.45) is 11.8 Å². The van der Waals surface area contributed by atoms with Crippen LogP contribution in [0.15, 0.2) is 24.3 Å². The zero-order valence-electron chi connectivity index (χ0n) is 12.7. The van der Waals surface area contributed by atoms with E-state index in [9.17, 15) is 0 Å². The van der Waals surface area contributed by atoms with Gasteiger partial charge in [0.2, 0.25) is 0 Å². The molecule has 0 radical (unpaired) electrons. The highest BCUT2D eigenvalue weighted by Crippen LogP contribution is 2.11. The quantitative estimate of drug-likeness (QED) is 0.766. The van der Waals surface area contributed by atoms with Crippen LogP contribution < -0.4 is 5.32 Å².